The lowest BCUT2D eigenvalue weighted by molar-refractivity contribution is 0.210. The van der Waals surface area contributed by atoms with Gasteiger partial charge in [-0.1, -0.05) is 29.3 Å². The molecule has 0 unspecified atom stereocenters. The van der Waals surface area contributed by atoms with Crippen LogP contribution in [0.1, 0.15) is 0 Å². The highest BCUT2D eigenvalue weighted by Crippen LogP contribution is 2.35. The normalized spacial score (nSPS) is 10.3. The van der Waals surface area contributed by atoms with Crippen LogP contribution in [-0.2, 0) is 0 Å². The van der Waals surface area contributed by atoms with Gasteiger partial charge >= 0.3 is 6.09 Å². The summed E-state index contributed by atoms with van der Waals surface area (Å²) in [6.07, 6.45) is -1.24. The van der Waals surface area contributed by atoms with Crippen molar-refractivity contribution in [3.8, 4) is 11.1 Å². The lowest BCUT2D eigenvalue weighted by Crippen LogP contribution is -2.08. The topological polar surface area (TPSA) is 49.3 Å². The van der Waals surface area contributed by atoms with E-state index in [1.807, 2.05) is 0 Å². The molecule has 6 heteroatoms. The molecule has 0 spiro atoms. The molecule has 0 aromatic heterocycles. The highest BCUT2D eigenvalue weighted by atomic mass is 35.5. The lowest BCUT2D eigenvalue weighted by Gasteiger charge is -2.11. The Kier molecular flexibility index (Phi) is 3.93. The minimum atomic E-state index is -1.24. The van der Waals surface area contributed by atoms with E-state index in [0.717, 1.165) is 0 Å². The zero-order valence-electron chi connectivity index (χ0n) is 9.45. The number of rotatable bonds is 2. The standard InChI is InChI=1S/C13H8Cl2FNO2/c14-7-1-3-9(11(15)5-7)10-6-8(16)2-4-12(10)17-13(18)19/h1-6,17H,(H,18,19). The summed E-state index contributed by atoms with van der Waals surface area (Å²) in [4.78, 5) is 10.7. The van der Waals surface area contributed by atoms with Crippen molar-refractivity contribution in [1.82, 2.24) is 0 Å². The molecule has 19 heavy (non-hydrogen) atoms. The molecule has 0 aliphatic carbocycles. The Morgan fingerprint density at radius 2 is 1.84 bits per heavy atom. The van der Waals surface area contributed by atoms with Crippen molar-refractivity contribution < 1.29 is 14.3 Å². The van der Waals surface area contributed by atoms with Crippen molar-refractivity contribution in [2.24, 2.45) is 0 Å². The third kappa shape index (κ3) is 3.16. The van der Waals surface area contributed by atoms with E-state index in [4.69, 9.17) is 28.3 Å². The number of amides is 1. The Balaban J connectivity index is 2.59. The van der Waals surface area contributed by atoms with Gasteiger partial charge in [-0.15, -0.1) is 0 Å². The Bertz CT molecular complexity index is 647. The van der Waals surface area contributed by atoms with Crippen LogP contribution in [0.25, 0.3) is 11.1 Å². The average molecular weight is 300 g/mol. The van der Waals surface area contributed by atoms with Gasteiger partial charge in [-0.3, -0.25) is 5.32 Å². The second kappa shape index (κ2) is 5.47. The summed E-state index contributed by atoms with van der Waals surface area (Å²) in [5.74, 6) is -0.489. The first kappa shape index (κ1) is 13.6. The van der Waals surface area contributed by atoms with E-state index < -0.39 is 11.9 Å². The Labute approximate surface area is 118 Å². The van der Waals surface area contributed by atoms with Gasteiger partial charge in [-0.2, -0.15) is 0 Å². The van der Waals surface area contributed by atoms with Gasteiger partial charge in [-0.05, 0) is 30.3 Å². The predicted octanol–water partition coefficient (Wildman–Crippen LogP) is 4.89. The second-order valence-corrected chi connectivity index (χ2v) is 4.59. The van der Waals surface area contributed by atoms with Gasteiger partial charge in [0.05, 0.1) is 5.69 Å². The van der Waals surface area contributed by atoms with Crippen LogP contribution >= 0.6 is 23.2 Å². The van der Waals surface area contributed by atoms with Gasteiger partial charge in [-0.25, -0.2) is 9.18 Å². The largest absolute Gasteiger partial charge is 0.465 e. The molecule has 2 N–H and O–H groups in total. The van der Waals surface area contributed by atoms with Crippen molar-refractivity contribution in [1.29, 1.82) is 0 Å². The van der Waals surface area contributed by atoms with Gasteiger partial charge in [0, 0.05) is 21.2 Å². The predicted molar refractivity (Wildman–Crippen MR) is 73.5 cm³/mol. The summed E-state index contributed by atoms with van der Waals surface area (Å²) >= 11 is 11.8. The third-order valence-electron chi connectivity index (χ3n) is 2.44. The zero-order chi connectivity index (χ0) is 14.0. The van der Waals surface area contributed by atoms with Gasteiger partial charge in [0.2, 0.25) is 0 Å². The van der Waals surface area contributed by atoms with Gasteiger partial charge in [0.1, 0.15) is 5.82 Å². The number of hydrogen-bond acceptors (Lipinski definition) is 1. The number of carbonyl (C=O) groups is 1. The lowest BCUT2D eigenvalue weighted by atomic mass is 10.0. The SMILES string of the molecule is O=C(O)Nc1ccc(F)cc1-c1ccc(Cl)cc1Cl. The number of benzene rings is 2. The molecule has 0 saturated carbocycles. The average Bonchev–Trinajstić information content (AvgIpc) is 2.31. The molecular formula is C13H8Cl2FNO2. The maximum Gasteiger partial charge on any atom is 0.409 e. The van der Waals surface area contributed by atoms with E-state index in [9.17, 15) is 9.18 Å². The monoisotopic (exact) mass is 299 g/mol. The number of nitrogens with one attached hydrogen (secondary N) is 1. The van der Waals surface area contributed by atoms with Crippen molar-refractivity contribution in [3.05, 3.63) is 52.3 Å². The first-order valence-corrected chi connectivity index (χ1v) is 5.98. The van der Waals surface area contributed by atoms with E-state index in [1.54, 1.807) is 12.1 Å². The van der Waals surface area contributed by atoms with Crippen LogP contribution in [-0.4, -0.2) is 11.2 Å². The van der Waals surface area contributed by atoms with Crippen molar-refractivity contribution >= 4 is 35.0 Å². The molecule has 0 radical (unpaired) electrons. The Morgan fingerprint density at radius 3 is 2.47 bits per heavy atom. The van der Waals surface area contributed by atoms with Crippen LogP contribution in [0.15, 0.2) is 36.4 Å². The number of halogens is 3. The molecular weight excluding hydrogens is 292 g/mol. The molecule has 0 heterocycles. The fraction of sp³-hybridized carbons (Fsp3) is 0. The maximum atomic E-state index is 13.3. The summed E-state index contributed by atoms with van der Waals surface area (Å²) in [5.41, 5.74) is 1.09. The highest BCUT2D eigenvalue weighted by Gasteiger charge is 2.12. The molecule has 1 amide bonds. The molecule has 0 fully saturated rings. The Hall–Kier alpha value is -1.78. The van der Waals surface area contributed by atoms with Gasteiger partial charge in [0.25, 0.3) is 0 Å². The fourth-order valence-electron chi connectivity index (χ4n) is 1.67. The van der Waals surface area contributed by atoms with Crippen LogP contribution in [0.3, 0.4) is 0 Å². The van der Waals surface area contributed by atoms with E-state index in [-0.39, 0.29) is 5.69 Å². The number of carboxylic acid groups (broad SMARTS) is 1. The third-order valence-corrected chi connectivity index (χ3v) is 2.99. The van der Waals surface area contributed by atoms with E-state index in [0.29, 0.717) is 21.2 Å². The molecule has 0 bridgehead atoms. The molecule has 2 rings (SSSR count). The fourth-order valence-corrected chi connectivity index (χ4v) is 2.18. The van der Waals surface area contributed by atoms with Gasteiger partial charge in [0.15, 0.2) is 0 Å². The van der Waals surface area contributed by atoms with Crippen molar-refractivity contribution in [2.75, 3.05) is 5.32 Å². The molecule has 0 aliphatic heterocycles. The van der Waals surface area contributed by atoms with E-state index in [1.165, 1.54) is 24.3 Å². The summed E-state index contributed by atoms with van der Waals surface area (Å²) in [6.45, 7) is 0. The summed E-state index contributed by atoms with van der Waals surface area (Å²) in [6, 6.07) is 8.42. The maximum absolute atomic E-state index is 13.3. The summed E-state index contributed by atoms with van der Waals surface area (Å²) in [5, 5.41) is 11.7. The minimum Gasteiger partial charge on any atom is -0.465 e. The molecule has 2 aromatic carbocycles. The molecule has 0 aliphatic rings. The molecule has 2 aromatic rings. The van der Waals surface area contributed by atoms with Crippen LogP contribution < -0.4 is 5.32 Å². The quantitative estimate of drug-likeness (QED) is 0.829. The highest BCUT2D eigenvalue weighted by molar-refractivity contribution is 6.36. The van der Waals surface area contributed by atoms with Crippen LogP contribution in [0.5, 0.6) is 0 Å². The first-order valence-electron chi connectivity index (χ1n) is 5.22. The van der Waals surface area contributed by atoms with Crippen molar-refractivity contribution in [3.63, 3.8) is 0 Å². The summed E-state index contributed by atoms with van der Waals surface area (Å²) < 4.78 is 13.3. The zero-order valence-corrected chi connectivity index (χ0v) is 11.0. The molecule has 0 saturated heterocycles. The minimum absolute atomic E-state index is 0.248. The number of hydrogen-bond donors (Lipinski definition) is 2. The van der Waals surface area contributed by atoms with Crippen molar-refractivity contribution in [2.45, 2.75) is 0 Å². The molecule has 98 valence electrons. The van der Waals surface area contributed by atoms with Crippen LogP contribution in [0, 0.1) is 5.82 Å². The summed E-state index contributed by atoms with van der Waals surface area (Å²) in [7, 11) is 0. The molecule has 3 nitrogen and oxygen atoms in total. The Morgan fingerprint density at radius 1 is 1.11 bits per heavy atom. The smallest absolute Gasteiger partial charge is 0.409 e. The second-order valence-electron chi connectivity index (χ2n) is 3.74. The molecule has 0 atom stereocenters. The van der Waals surface area contributed by atoms with Gasteiger partial charge < -0.3 is 5.11 Å². The van der Waals surface area contributed by atoms with Crippen LogP contribution in [0.4, 0.5) is 14.9 Å². The van der Waals surface area contributed by atoms with E-state index >= 15 is 0 Å². The first-order chi connectivity index (χ1) is 8.97. The van der Waals surface area contributed by atoms with Crippen LogP contribution in [0.2, 0.25) is 10.0 Å². The number of anilines is 1. The van der Waals surface area contributed by atoms with E-state index in [2.05, 4.69) is 5.32 Å².